The molecule has 0 aromatic heterocycles. The highest BCUT2D eigenvalue weighted by atomic mass is 16.5. The van der Waals surface area contributed by atoms with Crippen LogP contribution >= 0.6 is 0 Å². The van der Waals surface area contributed by atoms with Gasteiger partial charge in [-0.15, -0.1) is 0 Å². The van der Waals surface area contributed by atoms with E-state index in [1.54, 1.807) is 0 Å². The van der Waals surface area contributed by atoms with Gasteiger partial charge >= 0.3 is 0 Å². The largest absolute Gasteiger partial charge is 0.491 e. The van der Waals surface area contributed by atoms with Crippen molar-refractivity contribution >= 4 is 11.8 Å². The lowest BCUT2D eigenvalue weighted by Crippen LogP contribution is -2.31. The van der Waals surface area contributed by atoms with Crippen LogP contribution in [0.3, 0.4) is 0 Å². The summed E-state index contributed by atoms with van der Waals surface area (Å²) in [4.78, 5) is 25.2. The minimum Gasteiger partial charge on any atom is -0.491 e. The second-order valence-corrected chi connectivity index (χ2v) is 6.93. The molecule has 1 saturated heterocycles. The van der Waals surface area contributed by atoms with Crippen LogP contribution in [0.5, 0.6) is 5.75 Å². The molecular formula is C22H25NO3. The van der Waals surface area contributed by atoms with Crippen LogP contribution < -0.4 is 4.74 Å². The van der Waals surface area contributed by atoms with E-state index in [9.17, 15) is 9.59 Å². The molecular weight excluding hydrogens is 326 g/mol. The third-order valence-corrected chi connectivity index (χ3v) is 4.65. The van der Waals surface area contributed by atoms with Crippen molar-refractivity contribution in [3.8, 4) is 5.75 Å². The molecule has 0 spiro atoms. The first-order valence-corrected chi connectivity index (χ1v) is 9.19. The average Bonchev–Trinajstić information content (AvgIpc) is 2.95. The summed E-state index contributed by atoms with van der Waals surface area (Å²) in [5, 5.41) is 0. The van der Waals surface area contributed by atoms with E-state index < -0.39 is 0 Å². The maximum Gasteiger partial charge on any atom is 0.229 e. The summed E-state index contributed by atoms with van der Waals surface area (Å²) < 4.78 is 5.73. The highest BCUT2D eigenvalue weighted by Gasteiger charge is 2.29. The third kappa shape index (κ3) is 4.31. The fraction of sp³-hybridized carbons (Fsp3) is 0.364. The average molecular weight is 351 g/mol. The molecule has 0 N–H and O–H groups in total. The van der Waals surface area contributed by atoms with Crippen LogP contribution in [0.1, 0.15) is 50.2 Å². The standard InChI is InChI=1S/C22H25NO3/c1-16(2)26-19-10-8-18(9-11-19)20(17-6-4-3-5-7-17)14-15-23-21(24)12-13-22(23)25/h3-11,16,20H,12-15H2,1-2H3/t20-/m0/s1. The number of carbonyl (C=O) groups excluding carboxylic acids is 2. The van der Waals surface area contributed by atoms with Gasteiger partial charge in [0.1, 0.15) is 5.75 Å². The number of carbonyl (C=O) groups is 2. The van der Waals surface area contributed by atoms with Crippen molar-refractivity contribution in [1.29, 1.82) is 0 Å². The molecule has 4 heteroatoms. The number of rotatable bonds is 7. The van der Waals surface area contributed by atoms with Gasteiger partial charge in [0.05, 0.1) is 6.10 Å². The van der Waals surface area contributed by atoms with E-state index in [-0.39, 0.29) is 23.8 Å². The summed E-state index contributed by atoms with van der Waals surface area (Å²) in [5.74, 6) is 0.871. The van der Waals surface area contributed by atoms with Crippen molar-refractivity contribution < 1.29 is 14.3 Å². The molecule has 1 fully saturated rings. The molecule has 1 atom stereocenters. The molecule has 2 aromatic rings. The van der Waals surface area contributed by atoms with E-state index in [1.807, 2.05) is 44.2 Å². The summed E-state index contributed by atoms with van der Waals surface area (Å²) in [6.45, 7) is 4.47. The second kappa shape index (κ2) is 8.17. The number of amides is 2. The summed E-state index contributed by atoms with van der Waals surface area (Å²) in [5.41, 5.74) is 2.34. The fourth-order valence-electron chi connectivity index (χ4n) is 3.39. The Hall–Kier alpha value is -2.62. The minimum absolute atomic E-state index is 0.0532. The predicted octanol–water partition coefficient (Wildman–Crippen LogP) is 4.14. The lowest BCUT2D eigenvalue weighted by atomic mass is 9.88. The SMILES string of the molecule is CC(C)Oc1ccc([C@@H](CCN2C(=O)CCC2=O)c2ccccc2)cc1. The van der Waals surface area contributed by atoms with Gasteiger partial charge in [0.2, 0.25) is 11.8 Å². The topological polar surface area (TPSA) is 46.6 Å². The Morgan fingerprint density at radius 3 is 2.04 bits per heavy atom. The Kier molecular flexibility index (Phi) is 5.71. The molecule has 26 heavy (non-hydrogen) atoms. The van der Waals surface area contributed by atoms with Gasteiger partial charge < -0.3 is 4.74 Å². The number of hydrogen-bond donors (Lipinski definition) is 0. The normalized spacial score (nSPS) is 15.6. The highest BCUT2D eigenvalue weighted by molar-refractivity contribution is 6.01. The molecule has 0 saturated carbocycles. The van der Waals surface area contributed by atoms with E-state index in [0.717, 1.165) is 11.3 Å². The maximum atomic E-state index is 11.9. The number of likely N-dealkylation sites (tertiary alicyclic amines) is 1. The van der Waals surface area contributed by atoms with E-state index in [0.29, 0.717) is 25.8 Å². The van der Waals surface area contributed by atoms with E-state index in [1.165, 1.54) is 10.5 Å². The number of imide groups is 1. The Labute approximate surface area is 154 Å². The number of ether oxygens (including phenoxy) is 1. The van der Waals surface area contributed by atoms with Crippen LogP contribution in [0.15, 0.2) is 54.6 Å². The molecule has 4 nitrogen and oxygen atoms in total. The Morgan fingerprint density at radius 1 is 0.885 bits per heavy atom. The quantitative estimate of drug-likeness (QED) is 0.704. The van der Waals surface area contributed by atoms with Crippen LogP contribution in [0.25, 0.3) is 0 Å². The fourth-order valence-corrected chi connectivity index (χ4v) is 3.39. The molecule has 1 heterocycles. The van der Waals surface area contributed by atoms with Crippen LogP contribution in [-0.2, 0) is 9.59 Å². The maximum absolute atomic E-state index is 11.9. The monoisotopic (exact) mass is 351 g/mol. The van der Waals surface area contributed by atoms with Gasteiger partial charge in [-0.25, -0.2) is 0 Å². The summed E-state index contributed by atoms with van der Waals surface area (Å²) >= 11 is 0. The summed E-state index contributed by atoms with van der Waals surface area (Å²) in [7, 11) is 0. The summed E-state index contributed by atoms with van der Waals surface area (Å²) in [6, 6.07) is 18.3. The van der Waals surface area contributed by atoms with Gasteiger partial charge in [-0.3, -0.25) is 14.5 Å². The number of benzene rings is 2. The van der Waals surface area contributed by atoms with Gasteiger partial charge in [-0.2, -0.15) is 0 Å². The van der Waals surface area contributed by atoms with Gasteiger partial charge in [0.15, 0.2) is 0 Å². The van der Waals surface area contributed by atoms with Gasteiger partial charge in [-0.1, -0.05) is 42.5 Å². The van der Waals surface area contributed by atoms with Crippen molar-refractivity contribution in [2.75, 3.05) is 6.54 Å². The molecule has 136 valence electrons. The number of nitrogens with zero attached hydrogens (tertiary/aromatic N) is 1. The molecule has 1 aliphatic rings. The minimum atomic E-state index is -0.0532. The van der Waals surface area contributed by atoms with Crippen molar-refractivity contribution in [2.24, 2.45) is 0 Å². The van der Waals surface area contributed by atoms with E-state index in [4.69, 9.17) is 4.74 Å². The first-order valence-electron chi connectivity index (χ1n) is 9.19. The van der Waals surface area contributed by atoms with Crippen LogP contribution in [0, 0.1) is 0 Å². The van der Waals surface area contributed by atoms with Crippen LogP contribution in [0.4, 0.5) is 0 Å². The summed E-state index contributed by atoms with van der Waals surface area (Å²) in [6.07, 6.45) is 1.54. The Morgan fingerprint density at radius 2 is 1.46 bits per heavy atom. The van der Waals surface area contributed by atoms with Gasteiger partial charge in [0, 0.05) is 25.3 Å². The molecule has 0 bridgehead atoms. The van der Waals surface area contributed by atoms with E-state index >= 15 is 0 Å². The third-order valence-electron chi connectivity index (χ3n) is 4.65. The first-order chi connectivity index (χ1) is 12.5. The Bertz CT molecular complexity index is 737. The zero-order valence-electron chi connectivity index (χ0n) is 15.4. The van der Waals surface area contributed by atoms with Crippen molar-refractivity contribution in [3.63, 3.8) is 0 Å². The Balaban J connectivity index is 1.80. The van der Waals surface area contributed by atoms with Crippen molar-refractivity contribution in [2.45, 2.75) is 45.1 Å². The van der Waals surface area contributed by atoms with Gasteiger partial charge in [-0.05, 0) is 43.5 Å². The zero-order valence-corrected chi connectivity index (χ0v) is 15.4. The highest BCUT2D eigenvalue weighted by Crippen LogP contribution is 2.30. The van der Waals surface area contributed by atoms with Gasteiger partial charge in [0.25, 0.3) is 0 Å². The molecule has 2 aromatic carbocycles. The number of hydrogen-bond acceptors (Lipinski definition) is 3. The molecule has 0 unspecified atom stereocenters. The molecule has 0 radical (unpaired) electrons. The molecule has 2 amide bonds. The smallest absolute Gasteiger partial charge is 0.229 e. The molecule has 0 aliphatic carbocycles. The molecule has 3 rings (SSSR count). The lowest BCUT2D eigenvalue weighted by Gasteiger charge is -2.22. The predicted molar refractivity (Wildman–Crippen MR) is 101 cm³/mol. The van der Waals surface area contributed by atoms with Crippen LogP contribution in [0.2, 0.25) is 0 Å². The van der Waals surface area contributed by atoms with Crippen molar-refractivity contribution in [3.05, 3.63) is 65.7 Å². The lowest BCUT2D eigenvalue weighted by molar-refractivity contribution is -0.138. The van der Waals surface area contributed by atoms with E-state index in [2.05, 4.69) is 24.3 Å². The second-order valence-electron chi connectivity index (χ2n) is 6.93. The van der Waals surface area contributed by atoms with Crippen molar-refractivity contribution in [1.82, 2.24) is 4.90 Å². The van der Waals surface area contributed by atoms with Crippen LogP contribution in [-0.4, -0.2) is 29.4 Å². The first kappa shape index (κ1) is 18.2. The molecule has 1 aliphatic heterocycles. The zero-order chi connectivity index (χ0) is 18.5.